The Morgan fingerprint density at radius 3 is 2.60 bits per heavy atom. The predicted molar refractivity (Wildman–Crippen MR) is 55.0 cm³/mol. The van der Waals surface area contributed by atoms with Gasteiger partial charge in [0.05, 0.1) is 18.5 Å². The molecule has 0 saturated heterocycles. The van der Waals surface area contributed by atoms with E-state index in [0.29, 0.717) is 19.0 Å². The summed E-state index contributed by atoms with van der Waals surface area (Å²) in [5, 5.41) is 12.3. The lowest BCUT2D eigenvalue weighted by Gasteiger charge is -2.16. The van der Waals surface area contributed by atoms with Crippen molar-refractivity contribution in [3.8, 4) is 0 Å². The first-order valence-electron chi connectivity index (χ1n) is 4.62. The zero-order chi connectivity index (χ0) is 11.3. The summed E-state index contributed by atoms with van der Waals surface area (Å²) < 4.78 is 12.4. The highest BCUT2D eigenvalue weighted by atomic mass is 19.1. The molecule has 0 saturated carbocycles. The van der Waals surface area contributed by atoms with E-state index < -0.39 is 11.9 Å². The molecule has 0 unspecified atom stereocenters. The average molecular weight is 214 g/mol. The Balaban J connectivity index is 2.33. The van der Waals surface area contributed by atoms with Crippen LogP contribution in [-0.4, -0.2) is 53.3 Å². The quantitative estimate of drug-likeness (QED) is 0.719. The largest absolute Gasteiger partial charge is 0.390 e. The number of nitrogens with zero attached hydrogens (tertiary/aromatic N) is 3. The first-order chi connectivity index (χ1) is 7.08. The molecule has 1 aromatic heterocycles. The van der Waals surface area contributed by atoms with Crippen molar-refractivity contribution in [3.05, 3.63) is 18.2 Å². The number of hydrogen-bond acceptors (Lipinski definition) is 5. The molecule has 5 nitrogen and oxygen atoms in total. The highest BCUT2D eigenvalue weighted by Crippen LogP contribution is 1.98. The maximum Gasteiger partial charge on any atom is 0.222 e. The van der Waals surface area contributed by atoms with Crippen molar-refractivity contribution < 1.29 is 9.50 Å². The minimum Gasteiger partial charge on any atom is -0.390 e. The zero-order valence-corrected chi connectivity index (χ0v) is 8.81. The SMILES string of the molecule is CN(C)C[C@@H](O)CNc1ncc(F)cn1. The van der Waals surface area contributed by atoms with Gasteiger partial charge in [0.1, 0.15) is 0 Å². The molecule has 2 N–H and O–H groups in total. The summed E-state index contributed by atoms with van der Waals surface area (Å²) in [5.74, 6) is -0.163. The maximum absolute atomic E-state index is 12.4. The van der Waals surface area contributed by atoms with Gasteiger partial charge in [-0.3, -0.25) is 0 Å². The van der Waals surface area contributed by atoms with Crippen LogP contribution in [0.3, 0.4) is 0 Å². The van der Waals surface area contributed by atoms with Crippen LogP contribution in [0, 0.1) is 5.82 Å². The molecule has 0 amide bonds. The first-order valence-corrected chi connectivity index (χ1v) is 4.62. The Morgan fingerprint density at radius 2 is 2.07 bits per heavy atom. The monoisotopic (exact) mass is 214 g/mol. The van der Waals surface area contributed by atoms with Gasteiger partial charge in [-0.1, -0.05) is 0 Å². The molecule has 15 heavy (non-hydrogen) atoms. The Kier molecular flexibility index (Phi) is 4.38. The topological polar surface area (TPSA) is 61.3 Å². The fraction of sp³-hybridized carbons (Fsp3) is 0.556. The van der Waals surface area contributed by atoms with Crippen molar-refractivity contribution in [3.63, 3.8) is 0 Å². The third kappa shape index (κ3) is 4.66. The molecule has 0 aliphatic rings. The summed E-state index contributed by atoms with van der Waals surface area (Å²) in [6.45, 7) is 0.887. The first kappa shape index (κ1) is 11.8. The fourth-order valence-corrected chi connectivity index (χ4v) is 1.10. The smallest absolute Gasteiger partial charge is 0.222 e. The van der Waals surface area contributed by atoms with E-state index >= 15 is 0 Å². The predicted octanol–water partition coefficient (Wildman–Crippen LogP) is -0.0499. The number of aromatic nitrogens is 2. The van der Waals surface area contributed by atoms with E-state index in [2.05, 4.69) is 15.3 Å². The second kappa shape index (κ2) is 5.57. The lowest BCUT2D eigenvalue weighted by molar-refractivity contribution is 0.148. The van der Waals surface area contributed by atoms with Gasteiger partial charge in [0.15, 0.2) is 5.82 Å². The summed E-state index contributed by atoms with van der Waals surface area (Å²) in [5.41, 5.74) is 0. The Bertz CT molecular complexity index is 291. The second-order valence-electron chi connectivity index (χ2n) is 3.52. The molecule has 1 aromatic rings. The van der Waals surface area contributed by atoms with Crippen LogP contribution in [0.25, 0.3) is 0 Å². The number of halogens is 1. The normalized spacial score (nSPS) is 12.9. The summed E-state index contributed by atoms with van der Waals surface area (Å²) >= 11 is 0. The van der Waals surface area contributed by atoms with Crippen LogP contribution in [0.5, 0.6) is 0 Å². The highest BCUT2D eigenvalue weighted by Gasteiger charge is 2.05. The van der Waals surface area contributed by atoms with E-state index in [9.17, 15) is 9.50 Å². The molecule has 6 heteroatoms. The molecular formula is C9H15FN4O. The molecule has 0 spiro atoms. The van der Waals surface area contributed by atoms with Gasteiger partial charge in [0.2, 0.25) is 5.95 Å². The van der Waals surface area contributed by atoms with Gasteiger partial charge in [-0.15, -0.1) is 0 Å². The molecule has 0 fully saturated rings. The van der Waals surface area contributed by atoms with Crippen LogP contribution >= 0.6 is 0 Å². The fourth-order valence-electron chi connectivity index (χ4n) is 1.10. The molecule has 0 bridgehead atoms. The van der Waals surface area contributed by atoms with Gasteiger partial charge in [-0.05, 0) is 14.1 Å². The van der Waals surface area contributed by atoms with Gasteiger partial charge in [-0.25, -0.2) is 14.4 Å². The summed E-state index contributed by atoms with van der Waals surface area (Å²) in [6, 6.07) is 0. The van der Waals surface area contributed by atoms with E-state index in [1.807, 2.05) is 19.0 Å². The van der Waals surface area contributed by atoms with Crippen molar-refractivity contribution >= 4 is 5.95 Å². The van der Waals surface area contributed by atoms with Gasteiger partial charge >= 0.3 is 0 Å². The van der Waals surface area contributed by atoms with Crippen molar-refractivity contribution in [2.75, 3.05) is 32.5 Å². The van der Waals surface area contributed by atoms with E-state index in [1.54, 1.807) is 0 Å². The van der Waals surface area contributed by atoms with Crippen molar-refractivity contribution in [1.82, 2.24) is 14.9 Å². The van der Waals surface area contributed by atoms with Gasteiger partial charge in [0, 0.05) is 13.1 Å². The lowest BCUT2D eigenvalue weighted by Crippen LogP contribution is -2.31. The number of likely N-dealkylation sites (N-methyl/N-ethyl adjacent to an activating group) is 1. The highest BCUT2D eigenvalue weighted by molar-refractivity contribution is 5.22. The van der Waals surface area contributed by atoms with Crippen LogP contribution in [0.1, 0.15) is 0 Å². The standard InChI is InChI=1S/C9H15FN4O/c1-14(2)6-8(15)5-13-9-11-3-7(10)4-12-9/h3-4,8,15H,5-6H2,1-2H3,(H,11,12,13)/t8-/m0/s1. The van der Waals surface area contributed by atoms with Crippen LogP contribution < -0.4 is 5.32 Å². The summed E-state index contributed by atoms with van der Waals surface area (Å²) in [6.07, 6.45) is 1.65. The molecule has 1 rings (SSSR count). The second-order valence-corrected chi connectivity index (χ2v) is 3.52. The minimum absolute atomic E-state index is 0.314. The number of aliphatic hydroxyl groups is 1. The molecule has 84 valence electrons. The third-order valence-corrected chi connectivity index (χ3v) is 1.69. The van der Waals surface area contributed by atoms with Crippen LogP contribution in [0.4, 0.5) is 10.3 Å². The summed E-state index contributed by atoms with van der Waals surface area (Å²) in [4.78, 5) is 9.29. The maximum atomic E-state index is 12.4. The van der Waals surface area contributed by atoms with E-state index in [4.69, 9.17) is 0 Å². The molecule has 0 aliphatic heterocycles. The number of rotatable bonds is 5. The van der Waals surface area contributed by atoms with Crippen molar-refractivity contribution in [2.24, 2.45) is 0 Å². The number of anilines is 1. The summed E-state index contributed by atoms with van der Waals surface area (Å²) in [7, 11) is 3.75. The molecule has 0 radical (unpaired) electrons. The Hall–Kier alpha value is -1.27. The van der Waals surface area contributed by atoms with Crippen LogP contribution in [0.2, 0.25) is 0 Å². The number of aliphatic hydroxyl groups excluding tert-OH is 1. The van der Waals surface area contributed by atoms with E-state index in [0.717, 1.165) is 12.4 Å². The molecular weight excluding hydrogens is 199 g/mol. The van der Waals surface area contributed by atoms with E-state index in [1.165, 1.54) is 0 Å². The number of nitrogens with one attached hydrogen (secondary N) is 1. The lowest BCUT2D eigenvalue weighted by atomic mass is 10.3. The van der Waals surface area contributed by atoms with E-state index in [-0.39, 0.29) is 0 Å². The van der Waals surface area contributed by atoms with Crippen molar-refractivity contribution in [1.29, 1.82) is 0 Å². The molecule has 0 aliphatic carbocycles. The molecule has 0 aromatic carbocycles. The Labute approximate surface area is 88.0 Å². The van der Waals surface area contributed by atoms with Crippen molar-refractivity contribution in [2.45, 2.75) is 6.10 Å². The number of hydrogen-bond donors (Lipinski definition) is 2. The van der Waals surface area contributed by atoms with Crippen LogP contribution in [-0.2, 0) is 0 Å². The van der Waals surface area contributed by atoms with Gasteiger partial charge < -0.3 is 15.3 Å². The van der Waals surface area contributed by atoms with Gasteiger partial charge in [-0.2, -0.15) is 0 Å². The third-order valence-electron chi connectivity index (χ3n) is 1.69. The Morgan fingerprint density at radius 1 is 1.47 bits per heavy atom. The van der Waals surface area contributed by atoms with Crippen LogP contribution in [0.15, 0.2) is 12.4 Å². The minimum atomic E-state index is -0.506. The zero-order valence-electron chi connectivity index (χ0n) is 8.81. The average Bonchev–Trinajstić information content (AvgIpc) is 2.16. The van der Waals surface area contributed by atoms with Gasteiger partial charge in [0.25, 0.3) is 0 Å². The molecule has 1 heterocycles. The molecule has 1 atom stereocenters.